The van der Waals surface area contributed by atoms with E-state index in [4.69, 9.17) is 0 Å². The van der Waals surface area contributed by atoms with Gasteiger partial charge in [0.25, 0.3) is 0 Å². The lowest BCUT2D eigenvalue weighted by Crippen LogP contribution is -2.41. The summed E-state index contributed by atoms with van der Waals surface area (Å²) in [6.45, 7) is 0. The van der Waals surface area contributed by atoms with Crippen LogP contribution in [0.15, 0.2) is 60.7 Å². The molecule has 21 heavy (non-hydrogen) atoms. The standard InChI is InChI=1S/C15H13F2NO2S/c16-15(17,14(18)19)21(20)13(11-7-3-1-4-8-11)12-9-5-2-6-10-12/h1-10,13H,(H2,18,19). The van der Waals surface area contributed by atoms with Gasteiger partial charge in [0.1, 0.15) is 10.8 Å². The molecule has 2 rings (SSSR count). The second-order valence-electron chi connectivity index (χ2n) is 4.38. The fourth-order valence-corrected chi connectivity index (χ4v) is 3.25. The van der Waals surface area contributed by atoms with Crippen LogP contribution in [-0.2, 0) is 15.6 Å². The minimum atomic E-state index is -4.10. The van der Waals surface area contributed by atoms with Crippen molar-refractivity contribution in [3.05, 3.63) is 71.8 Å². The number of hydrogen-bond acceptors (Lipinski definition) is 2. The Kier molecular flexibility index (Phi) is 4.47. The molecule has 0 fully saturated rings. The molecule has 0 aliphatic carbocycles. The lowest BCUT2D eigenvalue weighted by Gasteiger charge is -2.21. The molecule has 2 aromatic rings. The van der Waals surface area contributed by atoms with Crippen LogP contribution in [0.3, 0.4) is 0 Å². The smallest absolute Gasteiger partial charge is 0.364 e. The summed E-state index contributed by atoms with van der Waals surface area (Å²) < 4.78 is 39.8. The van der Waals surface area contributed by atoms with Gasteiger partial charge in [-0.05, 0) is 11.1 Å². The van der Waals surface area contributed by atoms with E-state index in [1.165, 1.54) is 0 Å². The summed E-state index contributed by atoms with van der Waals surface area (Å²) in [6, 6.07) is 16.4. The molecule has 1 atom stereocenters. The molecule has 0 aliphatic heterocycles. The van der Waals surface area contributed by atoms with Crippen LogP contribution in [0.4, 0.5) is 8.78 Å². The topological polar surface area (TPSA) is 60.2 Å². The molecule has 2 N–H and O–H groups in total. The lowest BCUT2D eigenvalue weighted by atomic mass is 10.0. The summed E-state index contributed by atoms with van der Waals surface area (Å²) >= 11 is 0. The molecule has 2 aromatic carbocycles. The quantitative estimate of drug-likeness (QED) is 0.923. The van der Waals surface area contributed by atoms with Gasteiger partial charge in [-0.2, -0.15) is 8.78 Å². The van der Waals surface area contributed by atoms with Crippen LogP contribution in [0.2, 0.25) is 0 Å². The molecule has 1 amide bonds. The Labute approximate surface area is 123 Å². The molecule has 0 radical (unpaired) electrons. The van der Waals surface area contributed by atoms with Gasteiger partial charge in [0.2, 0.25) is 0 Å². The molecule has 0 spiro atoms. The summed E-state index contributed by atoms with van der Waals surface area (Å²) in [4.78, 5) is 10.9. The van der Waals surface area contributed by atoms with Crippen molar-refractivity contribution in [3.8, 4) is 0 Å². The number of amides is 1. The third-order valence-corrected chi connectivity index (χ3v) is 4.64. The van der Waals surface area contributed by atoms with E-state index < -0.39 is 27.2 Å². The predicted octanol–water partition coefficient (Wildman–Crippen LogP) is 2.60. The monoisotopic (exact) mass is 309 g/mol. The third-order valence-electron chi connectivity index (χ3n) is 2.96. The zero-order valence-corrected chi connectivity index (χ0v) is 11.7. The largest absolute Gasteiger partial charge is 0.398 e. The maximum absolute atomic E-state index is 13.8. The average Bonchev–Trinajstić information content (AvgIpc) is 2.49. The molecule has 0 aromatic heterocycles. The number of rotatable bonds is 5. The van der Waals surface area contributed by atoms with E-state index in [9.17, 15) is 17.8 Å². The Bertz CT molecular complexity index is 608. The molecule has 3 nitrogen and oxygen atoms in total. The van der Waals surface area contributed by atoms with Crippen LogP contribution < -0.4 is 5.73 Å². The van der Waals surface area contributed by atoms with Crippen molar-refractivity contribution in [3.63, 3.8) is 0 Å². The minimum absolute atomic E-state index is 0.433. The molecule has 6 heteroatoms. The zero-order chi connectivity index (χ0) is 15.5. The van der Waals surface area contributed by atoms with E-state index in [1.54, 1.807) is 60.7 Å². The van der Waals surface area contributed by atoms with E-state index in [2.05, 4.69) is 5.73 Å². The highest BCUT2D eigenvalue weighted by atomic mass is 32.2. The first-order chi connectivity index (χ1) is 9.94. The molecule has 0 saturated heterocycles. The fraction of sp³-hybridized carbons (Fsp3) is 0.133. The lowest BCUT2D eigenvalue weighted by molar-refractivity contribution is -0.131. The highest BCUT2D eigenvalue weighted by Crippen LogP contribution is 2.35. The van der Waals surface area contributed by atoms with Crippen molar-refractivity contribution < 1.29 is 17.8 Å². The van der Waals surface area contributed by atoms with Gasteiger partial charge in [-0.1, -0.05) is 60.7 Å². The minimum Gasteiger partial charge on any atom is -0.364 e. The second-order valence-corrected chi connectivity index (χ2v) is 5.96. The van der Waals surface area contributed by atoms with Crippen molar-refractivity contribution in [2.24, 2.45) is 5.73 Å². The summed E-state index contributed by atoms with van der Waals surface area (Å²) in [5.41, 5.74) is 5.55. The first-order valence-corrected chi connectivity index (χ1v) is 7.34. The number of halogens is 2. The molecule has 0 bridgehead atoms. The molecule has 0 heterocycles. The van der Waals surface area contributed by atoms with E-state index in [1.807, 2.05) is 0 Å². The number of benzene rings is 2. The van der Waals surface area contributed by atoms with Gasteiger partial charge in [-0.15, -0.1) is 0 Å². The Hall–Kier alpha value is -2.08. The van der Waals surface area contributed by atoms with Crippen LogP contribution >= 0.6 is 0 Å². The summed E-state index contributed by atoms with van der Waals surface area (Å²) in [5.74, 6) is -1.89. The van der Waals surface area contributed by atoms with Crippen molar-refractivity contribution in [2.45, 2.75) is 10.5 Å². The number of hydrogen-bond donors (Lipinski definition) is 1. The molecule has 0 aliphatic rings. The SMILES string of the molecule is NC(=O)C(F)(F)S(=O)C(c1ccccc1)c1ccccc1. The Morgan fingerprint density at radius 1 is 0.952 bits per heavy atom. The maximum Gasteiger partial charge on any atom is 0.398 e. The van der Waals surface area contributed by atoms with Crippen LogP contribution in [0.1, 0.15) is 16.4 Å². The van der Waals surface area contributed by atoms with Gasteiger partial charge in [0.05, 0.1) is 5.25 Å². The maximum atomic E-state index is 13.8. The highest BCUT2D eigenvalue weighted by Gasteiger charge is 2.48. The van der Waals surface area contributed by atoms with E-state index in [0.29, 0.717) is 11.1 Å². The van der Waals surface area contributed by atoms with Gasteiger partial charge >= 0.3 is 11.2 Å². The number of carbonyl (C=O) groups excluding carboxylic acids is 1. The number of nitrogens with two attached hydrogens (primary N) is 1. The normalized spacial score (nSPS) is 13.1. The fourth-order valence-electron chi connectivity index (χ4n) is 1.94. The van der Waals surface area contributed by atoms with Crippen LogP contribution in [0, 0.1) is 0 Å². The molecular formula is C15H13F2NO2S. The average molecular weight is 309 g/mol. The van der Waals surface area contributed by atoms with Gasteiger partial charge in [0.15, 0.2) is 0 Å². The summed E-state index contributed by atoms with van der Waals surface area (Å²) in [7, 11) is -2.81. The van der Waals surface area contributed by atoms with Gasteiger partial charge in [0, 0.05) is 0 Å². The number of carbonyl (C=O) groups is 1. The van der Waals surface area contributed by atoms with Gasteiger partial charge < -0.3 is 5.73 Å². The molecule has 110 valence electrons. The van der Waals surface area contributed by atoms with Crippen molar-refractivity contribution in [1.82, 2.24) is 0 Å². The van der Waals surface area contributed by atoms with Crippen LogP contribution in [-0.4, -0.2) is 15.4 Å². The molecule has 0 saturated carbocycles. The number of alkyl halides is 2. The summed E-state index contributed by atoms with van der Waals surface area (Å²) in [5, 5.41) is -5.23. The third kappa shape index (κ3) is 3.16. The van der Waals surface area contributed by atoms with Crippen molar-refractivity contribution >= 4 is 16.7 Å². The van der Waals surface area contributed by atoms with Crippen molar-refractivity contribution in [2.75, 3.05) is 0 Å². The van der Waals surface area contributed by atoms with Crippen LogP contribution in [0.5, 0.6) is 0 Å². The van der Waals surface area contributed by atoms with Gasteiger partial charge in [-0.25, -0.2) is 0 Å². The van der Waals surface area contributed by atoms with Crippen LogP contribution in [0.25, 0.3) is 0 Å². The summed E-state index contributed by atoms with van der Waals surface area (Å²) in [6.07, 6.45) is 0. The first kappa shape index (κ1) is 15.3. The van der Waals surface area contributed by atoms with Gasteiger partial charge in [-0.3, -0.25) is 9.00 Å². The zero-order valence-electron chi connectivity index (χ0n) is 10.9. The van der Waals surface area contributed by atoms with E-state index in [0.717, 1.165) is 0 Å². The predicted molar refractivity (Wildman–Crippen MR) is 77.0 cm³/mol. The highest BCUT2D eigenvalue weighted by molar-refractivity contribution is 7.87. The molecule has 1 unspecified atom stereocenters. The van der Waals surface area contributed by atoms with E-state index in [-0.39, 0.29) is 0 Å². The Balaban J connectivity index is 2.53. The number of primary amides is 1. The first-order valence-electron chi connectivity index (χ1n) is 6.13. The Morgan fingerprint density at radius 2 is 1.33 bits per heavy atom. The Morgan fingerprint density at radius 3 is 1.67 bits per heavy atom. The van der Waals surface area contributed by atoms with Crippen molar-refractivity contribution in [1.29, 1.82) is 0 Å². The van der Waals surface area contributed by atoms with E-state index >= 15 is 0 Å². The second kappa shape index (κ2) is 6.13. The molecular weight excluding hydrogens is 296 g/mol.